The van der Waals surface area contributed by atoms with Gasteiger partial charge in [-0.25, -0.2) is 9.78 Å². The molecule has 0 saturated carbocycles. The van der Waals surface area contributed by atoms with Gasteiger partial charge in [-0.15, -0.1) is 10.2 Å². The maximum absolute atomic E-state index is 11.9. The number of hydrogen-bond donors (Lipinski definition) is 1. The second-order valence-corrected chi connectivity index (χ2v) is 5.81. The predicted octanol–water partition coefficient (Wildman–Crippen LogP) is 3.59. The zero-order chi connectivity index (χ0) is 17.9. The van der Waals surface area contributed by atoms with Crippen LogP contribution in [0.3, 0.4) is 0 Å². The molecule has 0 fully saturated rings. The molecule has 0 saturated heterocycles. The van der Waals surface area contributed by atoms with Crippen molar-refractivity contribution in [2.24, 2.45) is 0 Å². The molecule has 0 bridgehead atoms. The van der Waals surface area contributed by atoms with Crippen molar-refractivity contribution < 1.29 is 9.53 Å². The summed E-state index contributed by atoms with van der Waals surface area (Å²) in [6.07, 6.45) is 2.46. The van der Waals surface area contributed by atoms with Crippen LogP contribution < -0.4 is 5.32 Å². The van der Waals surface area contributed by atoms with Crippen LogP contribution in [-0.2, 0) is 4.74 Å². The fraction of sp³-hybridized carbons (Fsp3) is 0.158. The Morgan fingerprint density at radius 1 is 1.15 bits per heavy atom. The number of esters is 1. The first-order valence-corrected chi connectivity index (χ1v) is 8.39. The SMILES string of the molecule is CCCOC(=O)c1ccc(Nc2nc3ccccc3n3cnnc23)cc1. The largest absolute Gasteiger partial charge is 0.462 e. The molecule has 26 heavy (non-hydrogen) atoms. The number of benzene rings is 2. The van der Waals surface area contributed by atoms with Crippen molar-refractivity contribution in [3.8, 4) is 0 Å². The normalized spacial score (nSPS) is 11.0. The van der Waals surface area contributed by atoms with E-state index in [1.54, 1.807) is 18.5 Å². The van der Waals surface area contributed by atoms with E-state index in [1.807, 2.05) is 47.7 Å². The van der Waals surface area contributed by atoms with E-state index in [4.69, 9.17) is 4.74 Å². The van der Waals surface area contributed by atoms with Crippen molar-refractivity contribution in [2.45, 2.75) is 13.3 Å². The average Bonchev–Trinajstić information content (AvgIpc) is 3.17. The number of ether oxygens (including phenoxy) is 1. The van der Waals surface area contributed by atoms with Crippen molar-refractivity contribution in [1.82, 2.24) is 19.6 Å². The molecule has 1 N–H and O–H groups in total. The average molecular weight is 347 g/mol. The van der Waals surface area contributed by atoms with E-state index in [1.165, 1.54) is 0 Å². The molecule has 4 rings (SSSR count). The van der Waals surface area contributed by atoms with Crippen molar-refractivity contribution in [3.63, 3.8) is 0 Å². The number of anilines is 2. The molecule has 0 unspecified atom stereocenters. The van der Waals surface area contributed by atoms with Crippen molar-refractivity contribution in [1.29, 1.82) is 0 Å². The van der Waals surface area contributed by atoms with Crippen LogP contribution in [-0.4, -0.2) is 32.2 Å². The van der Waals surface area contributed by atoms with E-state index in [0.29, 0.717) is 23.6 Å². The third-order valence-corrected chi connectivity index (χ3v) is 3.95. The minimum atomic E-state index is -0.318. The first-order chi connectivity index (χ1) is 12.8. The summed E-state index contributed by atoms with van der Waals surface area (Å²) < 4.78 is 7.03. The quantitative estimate of drug-likeness (QED) is 0.556. The van der Waals surface area contributed by atoms with Crippen LogP contribution in [0.25, 0.3) is 16.7 Å². The van der Waals surface area contributed by atoms with Gasteiger partial charge in [0.2, 0.25) is 5.65 Å². The molecule has 0 aliphatic heterocycles. The highest BCUT2D eigenvalue weighted by Crippen LogP contribution is 2.23. The summed E-state index contributed by atoms with van der Waals surface area (Å²) in [4.78, 5) is 16.5. The Hall–Kier alpha value is -3.48. The van der Waals surface area contributed by atoms with Gasteiger partial charge in [0.25, 0.3) is 0 Å². The van der Waals surface area contributed by atoms with Crippen molar-refractivity contribution in [3.05, 3.63) is 60.4 Å². The minimum absolute atomic E-state index is 0.318. The monoisotopic (exact) mass is 347 g/mol. The number of rotatable bonds is 5. The molecule has 0 aliphatic carbocycles. The van der Waals surface area contributed by atoms with Crippen LogP contribution in [0, 0.1) is 0 Å². The van der Waals surface area contributed by atoms with Gasteiger partial charge in [0.15, 0.2) is 5.82 Å². The second-order valence-electron chi connectivity index (χ2n) is 5.81. The number of aromatic nitrogens is 4. The Bertz CT molecular complexity index is 1070. The Balaban J connectivity index is 1.64. The number of nitrogens with zero attached hydrogens (tertiary/aromatic N) is 4. The lowest BCUT2D eigenvalue weighted by molar-refractivity contribution is 0.0505. The van der Waals surface area contributed by atoms with Crippen LogP contribution >= 0.6 is 0 Å². The van der Waals surface area contributed by atoms with E-state index in [0.717, 1.165) is 23.1 Å². The molecule has 0 spiro atoms. The standard InChI is InChI=1S/C19H17N5O2/c1-2-11-26-19(25)13-7-9-14(10-8-13)21-17-18-23-20-12-24(18)16-6-4-3-5-15(16)22-17/h3-10,12H,2,11H2,1H3,(H,21,22). The van der Waals surface area contributed by atoms with E-state index in [9.17, 15) is 4.79 Å². The van der Waals surface area contributed by atoms with Gasteiger partial charge in [-0.1, -0.05) is 19.1 Å². The third-order valence-electron chi connectivity index (χ3n) is 3.95. The molecule has 0 aliphatic rings. The molecular weight excluding hydrogens is 330 g/mol. The highest BCUT2D eigenvalue weighted by molar-refractivity contribution is 5.90. The molecule has 0 amide bonds. The van der Waals surface area contributed by atoms with Crippen LogP contribution in [0.1, 0.15) is 23.7 Å². The first-order valence-electron chi connectivity index (χ1n) is 8.39. The van der Waals surface area contributed by atoms with Crippen LogP contribution in [0.15, 0.2) is 54.9 Å². The van der Waals surface area contributed by atoms with Crippen LogP contribution in [0.5, 0.6) is 0 Å². The van der Waals surface area contributed by atoms with E-state index < -0.39 is 0 Å². The molecule has 2 heterocycles. The Labute approximate surface area is 149 Å². The molecule has 130 valence electrons. The molecule has 4 aromatic rings. The lowest BCUT2D eigenvalue weighted by Crippen LogP contribution is -2.06. The summed E-state index contributed by atoms with van der Waals surface area (Å²) in [5.41, 5.74) is 3.72. The molecule has 7 nitrogen and oxygen atoms in total. The fourth-order valence-electron chi connectivity index (χ4n) is 2.69. The van der Waals surface area contributed by atoms with Crippen LogP contribution in [0.2, 0.25) is 0 Å². The van der Waals surface area contributed by atoms with Gasteiger partial charge in [-0.3, -0.25) is 4.40 Å². The van der Waals surface area contributed by atoms with Crippen molar-refractivity contribution >= 4 is 34.2 Å². The Morgan fingerprint density at radius 3 is 2.77 bits per heavy atom. The summed E-state index contributed by atoms with van der Waals surface area (Å²) in [6, 6.07) is 14.9. The van der Waals surface area contributed by atoms with Gasteiger partial charge in [-0.2, -0.15) is 0 Å². The number of carbonyl (C=O) groups excluding carboxylic acids is 1. The van der Waals surface area contributed by atoms with Gasteiger partial charge >= 0.3 is 5.97 Å². The Kier molecular flexibility index (Phi) is 4.18. The van der Waals surface area contributed by atoms with E-state index >= 15 is 0 Å². The summed E-state index contributed by atoms with van der Waals surface area (Å²) in [7, 11) is 0. The number of hydrogen-bond acceptors (Lipinski definition) is 6. The van der Waals surface area contributed by atoms with Gasteiger partial charge in [0.1, 0.15) is 6.33 Å². The number of para-hydroxylation sites is 2. The van der Waals surface area contributed by atoms with Crippen LogP contribution in [0.4, 0.5) is 11.5 Å². The summed E-state index contributed by atoms with van der Waals surface area (Å²) >= 11 is 0. The zero-order valence-corrected chi connectivity index (χ0v) is 14.2. The third kappa shape index (κ3) is 2.95. The van der Waals surface area contributed by atoms with Gasteiger partial charge < -0.3 is 10.1 Å². The van der Waals surface area contributed by atoms with E-state index in [2.05, 4.69) is 20.5 Å². The predicted molar refractivity (Wildman–Crippen MR) is 98.6 cm³/mol. The maximum Gasteiger partial charge on any atom is 0.338 e. The molecule has 7 heteroatoms. The molecule has 0 atom stereocenters. The molecular formula is C19H17N5O2. The maximum atomic E-state index is 11.9. The molecule has 2 aromatic carbocycles. The molecule has 2 aromatic heterocycles. The lowest BCUT2D eigenvalue weighted by Gasteiger charge is -2.09. The number of carbonyl (C=O) groups is 1. The summed E-state index contributed by atoms with van der Waals surface area (Å²) in [6.45, 7) is 2.38. The van der Waals surface area contributed by atoms with Gasteiger partial charge in [0, 0.05) is 5.69 Å². The van der Waals surface area contributed by atoms with Gasteiger partial charge in [0.05, 0.1) is 23.2 Å². The first kappa shape index (κ1) is 16.0. The van der Waals surface area contributed by atoms with Crippen molar-refractivity contribution in [2.75, 3.05) is 11.9 Å². The number of nitrogens with one attached hydrogen (secondary N) is 1. The lowest BCUT2D eigenvalue weighted by atomic mass is 10.2. The number of fused-ring (bicyclic) bond motifs is 3. The fourth-order valence-corrected chi connectivity index (χ4v) is 2.69. The minimum Gasteiger partial charge on any atom is -0.462 e. The topological polar surface area (TPSA) is 81.4 Å². The zero-order valence-electron chi connectivity index (χ0n) is 14.2. The summed E-state index contributed by atoms with van der Waals surface area (Å²) in [5, 5.41) is 11.4. The Morgan fingerprint density at radius 2 is 1.96 bits per heavy atom. The van der Waals surface area contributed by atoms with E-state index in [-0.39, 0.29) is 5.97 Å². The smallest absolute Gasteiger partial charge is 0.338 e. The highest BCUT2D eigenvalue weighted by atomic mass is 16.5. The van der Waals surface area contributed by atoms with Gasteiger partial charge in [-0.05, 0) is 42.8 Å². The second kappa shape index (κ2) is 6.79. The highest BCUT2D eigenvalue weighted by Gasteiger charge is 2.11. The molecule has 0 radical (unpaired) electrons. The summed E-state index contributed by atoms with van der Waals surface area (Å²) in [5.74, 6) is 0.282.